The number of benzene rings is 1. The number of piperidine rings is 1. The van der Waals surface area contributed by atoms with Crippen LogP contribution < -0.4 is 5.73 Å². The largest absolute Gasteiger partial charge is 0.320 e. The number of hydrogen-bond acceptors (Lipinski definition) is 2. The van der Waals surface area contributed by atoms with Crippen molar-refractivity contribution in [3.05, 3.63) is 35.1 Å². The lowest BCUT2D eigenvalue weighted by molar-refractivity contribution is 0.134. The van der Waals surface area contributed by atoms with Crippen molar-refractivity contribution in [3.8, 4) is 11.8 Å². The van der Waals surface area contributed by atoms with Gasteiger partial charge in [0.2, 0.25) is 0 Å². The van der Waals surface area contributed by atoms with Gasteiger partial charge < -0.3 is 5.73 Å². The first-order valence-corrected chi connectivity index (χ1v) is 7.28. The fraction of sp³-hybridized carbons (Fsp3) is 0.529. The van der Waals surface area contributed by atoms with Crippen molar-refractivity contribution in [1.82, 2.24) is 4.90 Å². The molecule has 0 spiro atoms. The summed E-state index contributed by atoms with van der Waals surface area (Å²) in [5.41, 5.74) is 7.26. The van der Waals surface area contributed by atoms with Crippen LogP contribution >= 0.6 is 0 Å². The number of halogens is 1. The zero-order chi connectivity index (χ0) is 14.5. The molecule has 0 aromatic heterocycles. The maximum Gasteiger partial charge on any atom is 0.124 e. The smallest absolute Gasteiger partial charge is 0.124 e. The third kappa shape index (κ3) is 4.06. The lowest BCUT2D eigenvalue weighted by atomic mass is 9.91. The van der Waals surface area contributed by atoms with E-state index in [2.05, 4.69) is 30.6 Å². The number of nitrogens with zero attached hydrogens (tertiary/aromatic N) is 1. The molecule has 1 aliphatic heterocycles. The lowest BCUT2D eigenvalue weighted by Gasteiger charge is -2.35. The van der Waals surface area contributed by atoms with Crippen LogP contribution in [0.5, 0.6) is 0 Å². The van der Waals surface area contributed by atoms with Gasteiger partial charge in [0, 0.05) is 25.2 Å². The molecule has 2 nitrogen and oxygen atoms in total. The van der Waals surface area contributed by atoms with Crippen molar-refractivity contribution in [1.29, 1.82) is 0 Å². The van der Waals surface area contributed by atoms with Crippen LogP contribution in [0.15, 0.2) is 18.2 Å². The molecule has 3 heteroatoms. The number of rotatable bonds is 2. The molecule has 1 saturated heterocycles. The van der Waals surface area contributed by atoms with E-state index in [-0.39, 0.29) is 5.82 Å². The van der Waals surface area contributed by atoms with Gasteiger partial charge in [-0.2, -0.15) is 0 Å². The second kappa shape index (κ2) is 6.88. The van der Waals surface area contributed by atoms with Gasteiger partial charge >= 0.3 is 0 Å². The topological polar surface area (TPSA) is 29.3 Å². The third-order valence-corrected chi connectivity index (χ3v) is 3.74. The summed E-state index contributed by atoms with van der Waals surface area (Å²) in [5.74, 6) is 7.00. The van der Waals surface area contributed by atoms with Crippen LogP contribution in [0.3, 0.4) is 0 Å². The Morgan fingerprint density at radius 3 is 2.65 bits per heavy atom. The minimum Gasteiger partial charge on any atom is -0.320 e. The molecule has 2 N–H and O–H groups in total. The van der Waals surface area contributed by atoms with Gasteiger partial charge in [0.15, 0.2) is 0 Å². The van der Waals surface area contributed by atoms with Crippen LogP contribution in [0, 0.1) is 29.5 Å². The van der Waals surface area contributed by atoms with Crippen molar-refractivity contribution in [2.45, 2.75) is 26.8 Å². The first kappa shape index (κ1) is 15.0. The average Bonchev–Trinajstić information content (AvgIpc) is 2.38. The highest BCUT2D eigenvalue weighted by Crippen LogP contribution is 2.23. The van der Waals surface area contributed by atoms with Gasteiger partial charge in [-0.3, -0.25) is 4.90 Å². The maximum atomic E-state index is 13.4. The minimum absolute atomic E-state index is 0.240. The Kier molecular flexibility index (Phi) is 5.17. The van der Waals surface area contributed by atoms with Crippen molar-refractivity contribution >= 4 is 0 Å². The Labute approximate surface area is 121 Å². The molecule has 2 unspecified atom stereocenters. The highest BCUT2D eigenvalue weighted by molar-refractivity contribution is 5.42. The molecule has 20 heavy (non-hydrogen) atoms. The van der Waals surface area contributed by atoms with Crippen molar-refractivity contribution in [2.24, 2.45) is 17.6 Å². The Hall–Kier alpha value is -1.37. The van der Waals surface area contributed by atoms with E-state index in [0.29, 0.717) is 6.54 Å². The summed E-state index contributed by atoms with van der Waals surface area (Å²) in [6.45, 7) is 7.93. The SMILES string of the molecule is CC1CC(C)CN(Cc2ccc(F)cc2C#CCN)C1. The molecule has 0 radical (unpaired) electrons. The lowest BCUT2D eigenvalue weighted by Crippen LogP contribution is -2.38. The van der Waals surface area contributed by atoms with E-state index < -0.39 is 0 Å². The van der Waals surface area contributed by atoms with Crippen LogP contribution in [-0.2, 0) is 6.54 Å². The van der Waals surface area contributed by atoms with Gasteiger partial charge in [-0.15, -0.1) is 0 Å². The summed E-state index contributed by atoms with van der Waals surface area (Å²) >= 11 is 0. The van der Waals surface area contributed by atoms with Crippen LogP contribution in [0.1, 0.15) is 31.4 Å². The molecule has 2 rings (SSSR count). The average molecular weight is 274 g/mol. The molecule has 0 bridgehead atoms. The second-order valence-corrected chi connectivity index (χ2v) is 5.95. The molecule has 1 aromatic rings. The molecule has 0 amide bonds. The van der Waals surface area contributed by atoms with Gasteiger partial charge in [0.05, 0.1) is 6.54 Å². The van der Waals surface area contributed by atoms with Gasteiger partial charge in [0.1, 0.15) is 5.82 Å². The van der Waals surface area contributed by atoms with Gasteiger partial charge in [0.25, 0.3) is 0 Å². The summed E-state index contributed by atoms with van der Waals surface area (Å²) in [5, 5.41) is 0. The van der Waals surface area contributed by atoms with E-state index in [1.54, 1.807) is 0 Å². The summed E-state index contributed by atoms with van der Waals surface area (Å²) in [6, 6.07) is 4.87. The van der Waals surface area contributed by atoms with Crippen LogP contribution in [0.2, 0.25) is 0 Å². The normalized spacial score (nSPS) is 23.2. The van der Waals surface area contributed by atoms with E-state index in [4.69, 9.17) is 5.73 Å². The van der Waals surface area contributed by atoms with E-state index in [0.717, 1.165) is 42.6 Å². The molecular weight excluding hydrogens is 251 g/mol. The quantitative estimate of drug-likeness (QED) is 0.840. The van der Waals surface area contributed by atoms with Crippen molar-refractivity contribution in [3.63, 3.8) is 0 Å². The Bertz CT molecular complexity index is 505. The van der Waals surface area contributed by atoms with Crippen molar-refractivity contribution < 1.29 is 4.39 Å². The van der Waals surface area contributed by atoms with E-state index >= 15 is 0 Å². The van der Waals surface area contributed by atoms with Crippen LogP contribution in [0.25, 0.3) is 0 Å². The predicted molar refractivity (Wildman–Crippen MR) is 80.6 cm³/mol. The Morgan fingerprint density at radius 1 is 1.30 bits per heavy atom. The van der Waals surface area contributed by atoms with Crippen molar-refractivity contribution in [2.75, 3.05) is 19.6 Å². The molecule has 0 aliphatic carbocycles. The number of likely N-dealkylation sites (tertiary alicyclic amines) is 1. The molecule has 1 aromatic carbocycles. The van der Waals surface area contributed by atoms with Gasteiger partial charge in [-0.1, -0.05) is 31.8 Å². The third-order valence-electron chi connectivity index (χ3n) is 3.74. The molecule has 1 fully saturated rings. The first-order valence-electron chi connectivity index (χ1n) is 7.28. The number of hydrogen-bond donors (Lipinski definition) is 1. The fourth-order valence-corrected chi connectivity index (χ4v) is 3.11. The Morgan fingerprint density at radius 2 is 2.00 bits per heavy atom. The second-order valence-electron chi connectivity index (χ2n) is 5.95. The maximum absolute atomic E-state index is 13.4. The summed E-state index contributed by atoms with van der Waals surface area (Å²) in [6.07, 6.45) is 1.29. The summed E-state index contributed by atoms with van der Waals surface area (Å²) in [4.78, 5) is 2.44. The molecule has 0 saturated carbocycles. The monoisotopic (exact) mass is 274 g/mol. The highest BCUT2D eigenvalue weighted by atomic mass is 19.1. The molecule has 1 heterocycles. The van der Waals surface area contributed by atoms with Crippen LogP contribution in [-0.4, -0.2) is 24.5 Å². The summed E-state index contributed by atoms with van der Waals surface area (Å²) < 4.78 is 13.4. The zero-order valence-corrected chi connectivity index (χ0v) is 12.3. The number of nitrogens with two attached hydrogens (primary N) is 1. The van der Waals surface area contributed by atoms with Crippen LogP contribution in [0.4, 0.5) is 4.39 Å². The highest BCUT2D eigenvalue weighted by Gasteiger charge is 2.22. The fourth-order valence-electron chi connectivity index (χ4n) is 3.11. The molecule has 108 valence electrons. The van der Waals surface area contributed by atoms with Gasteiger partial charge in [-0.05, 0) is 36.0 Å². The van der Waals surface area contributed by atoms with E-state index in [1.165, 1.54) is 18.6 Å². The minimum atomic E-state index is -0.240. The standard InChI is InChI=1S/C17H23FN2/c1-13-8-14(2)11-20(10-13)12-16-5-6-17(18)9-15(16)4-3-7-19/h5-6,9,13-14H,7-8,10-12,19H2,1-2H3. The molecule has 1 aliphatic rings. The van der Waals surface area contributed by atoms with E-state index in [1.807, 2.05) is 6.07 Å². The zero-order valence-electron chi connectivity index (χ0n) is 12.3. The molecular formula is C17H23FN2. The predicted octanol–water partition coefficient (Wildman–Crippen LogP) is 2.61. The Balaban J connectivity index is 2.16. The first-order chi connectivity index (χ1) is 9.58. The van der Waals surface area contributed by atoms with E-state index in [9.17, 15) is 4.39 Å². The summed E-state index contributed by atoms with van der Waals surface area (Å²) in [7, 11) is 0. The molecule has 2 atom stereocenters. The van der Waals surface area contributed by atoms with Gasteiger partial charge in [-0.25, -0.2) is 4.39 Å².